The van der Waals surface area contributed by atoms with E-state index in [0.717, 1.165) is 11.6 Å². The molecule has 0 atom stereocenters. The Kier molecular flexibility index (Phi) is 4.30. The van der Waals surface area contributed by atoms with E-state index in [9.17, 15) is 18.0 Å². The van der Waals surface area contributed by atoms with Crippen molar-refractivity contribution in [3.63, 3.8) is 0 Å². The van der Waals surface area contributed by atoms with Gasteiger partial charge in [0.15, 0.2) is 5.82 Å². The number of rotatable bonds is 4. The number of pyridine rings is 1. The maximum absolute atomic E-state index is 12.9. The lowest BCUT2D eigenvalue weighted by atomic mass is 10.1. The Hall–Kier alpha value is -3.69. The Morgan fingerprint density at radius 3 is 2.46 bits per heavy atom. The van der Waals surface area contributed by atoms with Crippen LogP contribution in [0.25, 0.3) is 22.6 Å². The summed E-state index contributed by atoms with van der Waals surface area (Å²) >= 11 is 0. The highest BCUT2D eigenvalue weighted by Gasteiger charge is 2.32. The van der Waals surface area contributed by atoms with Crippen LogP contribution in [-0.2, 0) is 12.7 Å². The van der Waals surface area contributed by atoms with E-state index in [2.05, 4.69) is 25.1 Å². The van der Waals surface area contributed by atoms with E-state index >= 15 is 0 Å². The van der Waals surface area contributed by atoms with Gasteiger partial charge in [-0.2, -0.15) is 18.3 Å². The smallest absolute Gasteiger partial charge is 0.323 e. The van der Waals surface area contributed by atoms with Gasteiger partial charge in [0.1, 0.15) is 11.5 Å². The van der Waals surface area contributed by atoms with Crippen LogP contribution in [-0.4, -0.2) is 29.7 Å². The van der Waals surface area contributed by atoms with E-state index in [1.54, 1.807) is 41.2 Å². The van der Waals surface area contributed by atoms with Crippen LogP contribution < -0.4 is 5.69 Å². The van der Waals surface area contributed by atoms with Crippen LogP contribution >= 0.6 is 0 Å². The number of aromatic nitrogens is 6. The topological polar surface area (TPSA) is 92.2 Å². The van der Waals surface area contributed by atoms with Gasteiger partial charge in [0.25, 0.3) is 0 Å². The van der Waals surface area contributed by atoms with Crippen LogP contribution in [0.2, 0.25) is 0 Å². The third-order valence-electron chi connectivity index (χ3n) is 4.06. The van der Waals surface area contributed by atoms with Crippen molar-refractivity contribution in [3.05, 3.63) is 76.9 Å². The van der Waals surface area contributed by atoms with E-state index in [-0.39, 0.29) is 5.69 Å². The predicted octanol–water partition coefficient (Wildman–Crippen LogP) is 3.09. The molecule has 0 aliphatic rings. The summed E-state index contributed by atoms with van der Waals surface area (Å²) in [4.78, 5) is 21.7. The van der Waals surface area contributed by atoms with E-state index in [4.69, 9.17) is 0 Å². The average Bonchev–Trinajstić information content (AvgIpc) is 3.30. The zero-order chi connectivity index (χ0) is 19.7. The fourth-order valence-electron chi connectivity index (χ4n) is 2.78. The van der Waals surface area contributed by atoms with Gasteiger partial charge in [-0.1, -0.05) is 30.3 Å². The number of hydrogen-bond donors (Lipinski definition) is 2. The molecule has 3 aromatic heterocycles. The van der Waals surface area contributed by atoms with E-state index < -0.39 is 17.6 Å². The first-order chi connectivity index (χ1) is 13.4. The number of imidazole rings is 1. The van der Waals surface area contributed by atoms with Crippen LogP contribution in [0.15, 0.2) is 59.7 Å². The highest BCUT2D eigenvalue weighted by molar-refractivity contribution is 5.65. The lowest BCUT2D eigenvalue weighted by Gasteiger charge is -2.09. The number of nitrogens with zero attached hydrogens (tertiary/aromatic N) is 4. The molecule has 0 aliphatic carbocycles. The Labute approximate surface area is 155 Å². The van der Waals surface area contributed by atoms with Gasteiger partial charge in [0.05, 0.1) is 12.2 Å². The molecule has 0 amide bonds. The maximum atomic E-state index is 12.9. The summed E-state index contributed by atoms with van der Waals surface area (Å²) in [6.07, 6.45) is -1.14. The highest BCUT2D eigenvalue weighted by atomic mass is 19.4. The first-order valence-electron chi connectivity index (χ1n) is 8.20. The molecule has 0 bridgehead atoms. The third-order valence-corrected chi connectivity index (χ3v) is 4.06. The Morgan fingerprint density at radius 1 is 1.04 bits per heavy atom. The molecular formula is C18H13F3N6O. The summed E-state index contributed by atoms with van der Waals surface area (Å²) in [6.45, 7) is 0.311. The SMILES string of the molecule is O=c1[nH]nc(Cn2ccnc2-c2ccc(-c3cccc(C(F)(F)F)n3)cc2)[nH]1. The Bertz CT molecular complexity index is 1160. The van der Waals surface area contributed by atoms with Crippen molar-refractivity contribution in [1.29, 1.82) is 0 Å². The molecule has 0 radical (unpaired) electrons. The maximum Gasteiger partial charge on any atom is 0.433 e. The fraction of sp³-hybridized carbons (Fsp3) is 0.111. The molecule has 0 fully saturated rings. The summed E-state index contributed by atoms with van der Waals surface area (Å²) < 4.78 is 40.4. The van der Waals surface area contributed by atoms with Gasteiger partial charge in [-0.05, 0) is 12.1 Å². The summed E-state index contributed by atoms with van der Waals surface area (Å²) in [5, 5.41) is 6.16. The van der Waals surface area contributed by atoms with Crippen LogP contribution in [0.4, 0.5) is 13.2 Å². The van der Waals surface area contributed by atoms with Crippen molar-refractivity contribution in [3.8, 4) is 22.6 Å². The monoisotopic (exact) mass is 386 g/mol. The molecule has 0 aliphatic heterocycles. The molecular weight excluding hydrogens is 373 g/mol. The minimum Gasteiger partial charge on any atom is -0.323 e. The van der Waals surface area contributed by atoms with Crippen molar-refractivity contribution < 1.29 is 13.2 Å². The number of aromatic amines is 2. The molecule has 7 nitrogen and oxygen atoms in total. The summed E-state index contributed by atoms with van der Waals surface area (Å²) in [6, 6.07) is 10.7. The molecule has 0 saturated heterocycles. The first kappa shape index (κ1) is 17.7. The Morgan fingerprint density at radius 2 is 1.79 bits per heavy atom. The molecule has 0 saturated carbocycles. The van der Waals surface area contributed by atoms with E-state index in [1.807, 2.05) is 0 Å². The molecule has 2 N–H and O–H groups in total. The third kappa shape index (κ3) is 3.56. The zero-order valence-electron chi connectivity index (χ0n) is 14.2. The van der Waals surface area contributed by atoms with E-state index in [0.29, 0.717) is 23.8 Å². The second kappa shape index (κ2) is 6.80. The van der Waals surface area contributed by atoms with Crippen molar-refractivity contribution >= 4 is 0 Å². The van der Waals surface area contributed by atoms with Gasteiger partial charge in [-0.25, -0.2) is 19.9 Å². The van der Waals surface area contributed by atoms with Gasteiger partial charge in [-0.15, -0.1) is 0 Å². The molecule has 4 aromatic rings. The molecule has 0 unspecified atom stereocenters. The molecule has 10 heteroatoms. The summed E-state index contributed by atoms with van der Waals surface area (Å²) in [5.74, 6) is 1.08. The average molecular weight is 386 g/mol. The van der Waals surface area contributed by atoms with Crippen molar-refractivity contribution in [2.45, 2.75) is 12.7 Å². The van der Waals surface area contributed by atoms with Crippen LogP contribution in [0.3, 0.4) is 0 Å². The molecule has 1 aromatic carbocycles. The molecule has 4 rings (SSSR count). The van der Waals surface area contributed by atoms with Gasteiger partial charge in [0, 0.05) is 23.5 Å². The molecule has 3 heterocycles. The predicted molar refractivity (Wildman–Crippen MR) is 94.2 cm³/mol. The van der Waals surface area contributed by atoms with Crippen molar-refractivity contribution in [2.75, 3.05) is 0 Å². The second-order valence-electron chi connectivity index (χ2n) is 5.99. The zero-order valence-corrected chi connectivity index (χ0v) is 14.2. The minimum atomic E-state index is -4.49. The number of alkyl halides is 3. The van der Waals surface area contributed by atoms with Gasteiger partial charge in [0.2, 0.25) is 0 Å². The van der Waals surface area contributed by atoms with E-state index in [1.165, 1.54) is 12.1 Å². The highest BCUT2D eigenvalue weighted by Crippen LogP contribution is 2.30. The standard InChI is InChI=1S/C18H13F3N6O/c19-18(20,21)14-3-1-2-13(23-14)11-4-6-12(7-5-11)16-22-8-9-27(16)10-15-24-17(28)26-25-15/h1-9H,10H2,(H2,24,25,26,28). The lowest BCUT2D eigenvalue weighted by Crippen LogP contribution is -2.08. The van der Waals surface area contributed by atoms with Gasteiger partial charge in [-0.3, -0.25) is 4.98 Å². The normalized spacial score (nSPS) is 11.7. The van der Waals surface area contributed by atoms with Crippen LogP contribution in [0, 0.1) is 0 Å². The summed E-state index contributed by atoms with van der Waals surface area (Å²) in [5.41, 5.74) is 0.231. The lowest BCUT2D eigenvalue weighted by molar-refractivity contribution is -0.141. The largest absolute Gasteiger partial charge is 0.433 e. The van der Waals surface area contributed by atoms with Gasteiger partial charge >= 0.3 is 11.9 Å². The fourth-order valence-corrected chi connectivity index (χ4v) is 2.78. The number of hydrogen-bond acceptors (Lipinski definition) is 4. The molecule has 142 valence electrons. The minimum absolute atomic E-state index is 0.235. The van der Waals surface area contributed by atoms with Crippen LogP contribution in [0.5, 0.6) is 0 Å². The second-order valence-corrected chi connectivity index (χ2v) is 5.99. The molecule has 0 spiro atoms. The van der Waals surface area contributed by atoms with Crippen molar-refractivity contribution in [2.24, 2.45) is 0 Å². The quantitative estimate of drug-likeness (QED) is 0.564. The Balaban J connectivity index is 1.61. The number of benzene rings is 1. The molecule has 28 heavy (non-hydrogen) atoms. The van der Waals surface area contributed by atoms with Crippen LogP contribution in [0.1, 0.15) is 11.5 Å². The number of halogens is 3. The summed E-state index contributed by atoms with van der Waals surface area (Å²) in [7, 11) is 0. The first-order valence-corrected chi connectivity index (χ1v) is 8.20. The number of nitrogens with one attached hydrogen (secondary N) is 2. The number of H-pyrrole nitrogens is 2. The van der Waals surface area contributed by atoms with Crippen molar-refractivity contribution in [1.82, 2.24) is 29.7 Å². The van der Waals surface area contributed by atoms with Gasteiger partial charge < -0.3 is 4.57 Å².